The number of hydrogen-bond acceptors (Lipinski definition) is 5. The van der Waals surface area contributed by atoms with E-state index in [4.69, 9.17) is 0 Å². The Kier molecular flexibility index (Phi) is 3.79. The fraction of sp³-hybridized carbons (Fsp3) is 0. The van der Waals surface area contributed by atoms with Gasteiger partial charge in [0, 0.05) is 23.3 Å². The fourth-order valence-corrected chi connectivity index (χ4v) is 2.02. The number of carbonyl (C=O) groups is 2. The highest BCUT2D eigenvalue weighted by Crippen LogP contribution is 2.12. The lowest BCUT2D eigenvalue weighted by molar-refractivity contribution is 0.0844. The Hall–Kier alpha value is -3.55. The number of H-pyrrole nitrogens is 1. The van der Waals surface area contributed by atoms with E-state index < -0.39 is 17.5 Å². The second-order valence-corrected chi connectivity index (χ2v) is 4.58. The molecule has 2 aromatic heterocycles. The molecule has 0 atom stereocenters. The van der Waals surface area contributed by atoms with Gasteiger partial charge in [-0.15, -0.1) is 0 Å². The summed E-state index contributed by atoms with van der Waals surface area (Å²) >= 11 is 0. The molecule has 0 aliphatic rings. The van der Waals surface area contributed by atoms with Gasteiger partial charge in [0.25, 0.3) is 11.8 Å². The number of nitrogens with zero attached hydrogens (tertiary/aromatic N) is 2. The average Bonchev–Trinajstić information content (AvgIpc) is 2.59. The van der Waals surface area contributed by atoms with Crippen molar-refractivity contribution in [3.8, 4) is 0 Å². The molecule has 8 heteroatoms. The fourth-order valence-electron chi connectivity index (χ4n) is 2.02. The summed E-state index contributed by atoms with van der Waals surface area (Å²) in [6.07, 6.45) is 2.92. The maximum atomic E-state index is 12.2. The maximum absolute atomic E-state index is 12.2. The van der Waals surface area contributed by atoms with Crippen LogP contribution in [0.1, 0.15) is 20.8 Å². The van der Waals surface area contributed by atoms with Crippen molar-refractivity contribution in [1.29, 1.82) is 0 Å². The van der Waals surface area contributed by atoms with Gasteiger partial charge in [0.15, 0.2) is 0 Å². The van der Waals surface area contributed by atoms with Crippen molar-refractivity contribution in [2.24, 2.45) is 0 Å². The maximum Gasteiger partial charge on any atom is 0.346 e. The zero-order valence-electron chi connectivity index (χ0n) is 11.7. The van der Waals surface area contributed by atoms with E-state index in [9.17, 15) is 14.4 Å². The molecule has 0 saturated heterocycles. The molecule has 0 saturated carbocycles. The van der Waals surface area contributed by atoms with E-state index in [0.29, 0.717) is 16.5 Å². The number of benzene rings is 1. The van der Waals surface area contributed by atoms with Crippen molar-refractivity contribution >= 4 is 22.7 Å². The number of hydrogen-bond donors (Lipinski definition) is 3. The SMILES string of the molecule is O=C(NNC(=O)c1nc(=O)[nH]c2ccccc12)c1ccncc1. The molecule has 8 nitrogen and oxygen atoms in total. The minimum absolute atomic E-state index is 0.0700. The summed E-state index contributed by atoms with van der Waals surface area (Å²) < 4.78 is 0. The predicted octanol–water partition coefficient (Wildman–Crippen LogP) is 0.393. The van der Waals surface area contributed by atoms with E-state index in [1.807, 2.05) is 0 Å². The van der Waals surface area contributed by atoms with Gasteiger partial charge < -0.3 is 4.98 Å². The van der Waals surface area contributed by atoms with Gasteiger partial charge in [0.2, 0.25) is 0 Å². The number of carbonyl (C=O) groups excluding carboxylic acids is 2. The Morgan fingerprint density at radius 2 is 1.65 bits per heavy atom. The van der Waals surface area contributed by atoms with Crippen LogP contribution in [0.25, 0.3) is 10.9 Å². The Balaban J connectivity index is 1.82. The highest BCUT2D eigenvalue weighted by Gasteiger charge is 2.14. The summed E-state index contributed by atoms with van der Waals surface area (Å²) in [5.41, 5.74) is 4.61. The van der Waals surface area contributed by atoms with Crippen molar-refractivity contribution in [2.45, 2.75) is 0 Å². The first-order valence-corrected chi connectivity index (χ1v) is 6.65. The molecular weight excluding hydrogens is 298 g/mol. The summed E-state index contributed by atoms with van der Waals surface area (Å²) in [6.45, 7) is 0. The summed E-state index contributed by atoms with van der Waals surface area (Å²) in [6, 6.07) is 9.76. The summed E-state index contributed by atoms with van der Waals surface area (Å²) in [7, 11) is 0. The third-order valence-electron chi connectivity index (χ3n) is 3.08. The van der Waals surface area contributed by atoms with Crippen LogP contribution in [0.4, 0.5) is 0 Å². The van der Waals surface area contributed by atoms with E-state index in [2.05, 4.69) is 25.8 Å². The first-order valence-electron chi connectivity index (χ1n) is 6.65. The van der Waals surface area contributed by atoms with Gasteiger partial charge in [-0.1, -0.05) is 18.2 Å². The smallest absolute Gasteiger partial charge is 0.305 e. The lowest BCUT2D eigenvalue weighted by Gasteiger charge is -2.08. The molecule has 2 amide bonds. The summed E-state index contributed by atoms with van der Waals surface area (Å²) in [5.74, 6) is -1.19. The molecule has 0 fully saturated rings. The predicted molar refractivity (Wildman–Crippen MR) is 81.5 cm³/mol. The standard InChI is InChI=1S/C15H11N5O3/c21-13(9-5-7-16-8-6-9)19-20-14(22)12-10-3-1-2-4-11(10)17-15(23)18-12/h1-8H,(H,19,21)(H,20,22)(H,17,18,23). The van der Waals surface area contributed by atoms with Gasteiger partial charge in [-0.25, -0.2) is 4.79 Å². The molecule has 2 heterocycles. The highest BCUT2D eigenvalue weighted by molar-refractivity contribution is 6.05. The van der Waals surface area contributed by atoms with Crippen LogP contribution in [0.3, 0.4) is 0 Å². The minimum atomic E-state index is -0.685. The van der Waals surface area contributed by atoms with Gasteiger partial charge in [-0.05, 0) is 18.2 Å². The van der Waals surface area contributed by atoms with Gasteiger partial charge in [0.1, 0.15) is 5.69 Å². The highest BCUT2D eigenvalue weighted by atomic mass is 16.2. The van der Waals surface area contributed by atoms with Crippen LogP contribution in [0.5, 0.6) is 0 Å². The van der Waals surface area contributed by atoms with Gasteiger partial charge in [-0.2, -0.15) is 4.98 Å². The van der Waals surface area contributed by atoms with Crippen LogP contribution < -0.4 is 16.5 Å². The van der Waals surface area contributed by atoms with Crippen LogP contribution in [0, 0.1) is 0 Å². The van der Waals surface area contributed by atoms with Crippen molar-refractivity contribution in [2.75, 3.05) is 0 Å². The van der Waals surface area contributed by atoms with Gasteiger partial charge in [-0.3, -0.25) is 25.4 Å². The van der Waals surface area contributed by atoms with E-state index in [-0.39, 0.29) is 5.69 Å². The molecule has 3 rings (SSSR count). The van der Waals surface area contributed by atoms with Crippen molar-refractivity contribution in [3.05, 3.63) is 70.5 Å². The normalized spacial score (nSPS) is 10.3. The number of hydrazine groups is 1. The monoisotopic (exact) mass is 309 g/mol. The molecular formula is C15H11N5O3. The molecule has 114 valence electrons. The summed E-state index contributed by atoms with van der Waals surface area (Å²) in [5, 5.41) is 0.475. The van der Waals surface area contributed by atoms with E-state index >= 15 is 0 Å². The first-order chi connectivity index (χ1) is 11.1. The molecule has 1 aromatic carbocycles. The zero-order valence-corrected chi connectivity index (χ0v) is 11.7. The van der Waals surface area contributed by atoms with Crippen LogP contribution in [0.2, 0.25) is 0 Å². The number of aromatic amines is 1. The van der Waals surface area contributed by atoms with Gasteiger partial charge in [0.05, 0.1) is 5.52 Å². The minimum Gasteiger partial charge on any atom is -0.305 e. The molecule has 0 unspecified atom stereocenters. The molecule has 0 aliphatic carbocycles. The number of fused-ring (bicyclic) bond motifs is 1. The molecule has 0 bridgehead atoms. The molecule has 23 heavy (non-hydrogen) atoms. The zero-order chi connectivity index (χ0) is 16.2. The Labute approximate surface area is 129 Å². The van der Waals surface area contributed by atoms with E-state index in [1.54, 1.807) is 24.3 Å². The number of amides is 2. The van der Waals surface area contributed by atoms with Crippen molar-refractivity contribution < 1.29 is 9.59 Å². The number of nitrogens with one attached hydrogen (secondary N) is 3. The second-order valence-electron chi connectivity index (χ2n) is 4.58. The number of aromatic nitrogens is 3. The molecule has 0 spiro atoms. The molecule has 0 aliphatic heterocycles. The second kappa shape index (κ2) is 6.06. The molecule has 3 aromatic rings. The average molecular weight is 309 g/mol. The summed E-state index contributed by atoms with van der Waals surface area (Å²) in [4.78, 5) is 45.6. The number of rotatable bonds is 2. The quantitative estimate of drug-likeness (QED) is 0.592. The molecule has 3 N–H and O–H groups in total. The third kappa shape index (κ3) is 3.05. The van der Waals surface area contributed by atoms with E-state index in [1.165, 1.54) is 24.5 Å². The Bertz CT molecular complexity index is 937. The Morgan fingerprint density at radius 1 is 0.957 bits per heavy atom. The third-order valence-corrected chi connectivity index (χ3v) is 3.08. The number of para-hydroxylation sites is 1. The first kappa shape index (κ1) is 14.4. The largest absolute Gasteiger partial charge is 0.346 e. The van der Waals surface area contributed by atoms with Gasteiger partial charge >= 0.3 is 5.69 Å². The molecule has 0 radical (unpaired) electrons. The number of pyridine rings is 1. The van der Waals surface area contributed by atoms with Crippen LogP contribution in [-0.4, -0.2) is 26.8 Å². The Morgan fingerprint density at radius 3 is 2.43 bits per heavy atom. The topological polar surface area (TPSA) is 117 Å². The lowest BCUT2D eigenvalue weighted by Crippen LogP contribution is -2.42. The van der Waals surface area contributed by atoms with Crippen molar-refractivity contribution in [3.63, 3.8) is 0 Å². The van der Waals surface area contributed by atoms with Crippen molar-refractivity contribution in [1.82, 2.24) is 25.8 Å². The van der Waals surface area contributed by atoms with Crippen LogP contribution >= 0.6 is 0 Å². The van der Waals surface area contributed by atoms with Crippen LogP contribution in [0.15, 0.2) is 53.6 Å². The lowest BCUT2D eigenvalue weighted by atomic mass is 10.2. The van der Waals surface area contributed by atoms with Crippen LogP contribution in [-0.2, 0) is 0 Å². The van der Waals surface area contributed by atoms with E-state index in [0.717, 1.165) is 0 Å².